The summed E-state index contributed by atoms with van der Waals surface area (Å²) in [5.74, 6) is 0.643. The highest BCUT2D eigenvalue weighted by Crippen LogP contribution is 2.34. The summed E-state index contributed by atoms with van der Waals surface area (Å²) in [6.45, 7) is 2.13. The van der Waals surface area contributed by atoms with Crippen LogP contribution in [-0.4, -0.2) is 4.98 Å². The SMILES string of the molecule is CCc1cc2c(cc1-c1ncco1)oc1ccccc12. The molecule has 2 aromatic carbocycles. The van der Waals surface area contributed by atoms with Crippen molar-refractivity contribution in [1.82, 2.24) is 4.98 Å². The number of para-hydroxylation sites is 1. The Kier molecular flexibility index (Phi) is 2.39. The summed E-state index contributed by atoms with van der Waals surface area (Å²) in [5, 5.41) is 2.30. The number of hydrogen-bond donors (Lipinski definition) is 0. The first-order valence-corrected chi connectivity index (χ1v) is 6.71. The maximum Gasteiger partial charge on any atom is 0.226 e. The molecular weight excluding hydrogens is 250 g/mol. The number of fused-ring (bicyclic) bond motifs is 3. The quantitative estimate of drug-likeness (QED) is 0.521. The van der Waals surface area contributed by atoms with E-state index in [1.807, 2.05) is 24.3 Å². The van der Waals surface area contributed by atoms with Crippen molar-refractivity contribution in [3.8, 4) is 11.5 Å². The van der Waals surface area contributed by atoms with Crippen molar-refractivity contribution in [2.24, 2.45) is 0 Å². The number of rotatable bonds is 2. The predicted octanol–water partition coefficient (Wildman–Crippen LogP) is 4.80. The zero-order chi connectivity index (χ0) is 13.5. The number of aromatic nitrogens is 1. The summed E-state index contributed by atoms with van der Waals surface area (Å²) in [5.41, 5.74) is 4.00. The highest BCUT2D eigenvalue weighted by molar-refractivity contribution is 6.06. The molecule has 3 nitrogen and oxygen atoms in total. The third-order valence-electron chi connectivity index (χ3n) is 3.65. The van der Waals surface area contributed by atoms with Gasteiger partial charge in [0.05, 0.1) is 6.20 Å². The molecule has 0 saturated carbocycles. The highest BCUT2D eigenvalue weighted by Gasteiger charge is 2.14. The van der Waals surface area contributed by atoms with Crippen molar-refractivity contribution < 1.29 is 8.83 Å². The molecule has 0 atom stereocenters. The number of aryl methyl sites for hydroxylation is 1. The Bertz CT molecular complexity index is 888. The summed E-state index contributed by atoms with van der Waals surface area (Å²) in [4.78, 5) is 4.25. The smallest absolute Gasteiger partial charge is 0.226 e. The van der Waals surface area contributed by atoms with Gasteiger partial charge in [-0.15, -0.1) is 0 Å². The first-order valence-electron chi connectivity index (χ1n) is 6.71. The van der Waals surface area contributed by atoms with Gasteiger partial charge in [-0.1, -0.05) is 25.1 Å². The summed E-state index contributed by atoms with van der Waals surface area (Å²) in [6.07, 6.45) is 4.18. The molecule has 0 aliphatic carbocycles. The average Bonchev–Trinajstić information content (AvgIpc) is 3.13. The maximum absolute atomic E-state index is 5.92. The molecule has 0 bridgehead atoms. The summed E-state index contributed by atoms with van der Waals surface area (Å²) in [7, 11) is 0. The molecular formula is C17H13NO2. The van der Waals surface area contributed by atoms with Crippen LogP contribution in [0.3, 0.4) is 0 Å². The van der Waals surface area contributed by atoms with Gasteiger partial charge in [0.15, 0.2) is 0 Å². The van der Waals surface area contributed by atoms with E-state index in [9.17, 15) is 0 Å². The van der Waals surface area contributed by atoms with E-state index in [1.54, 1.807) is 12.5 Å². The molecule has 4 rings (SSSR count). The first kappa shape index (κ1) is 11.3. The zero-order valence-electron chi connectivity index (χ0n) is 11.1. The number of furan rings is 1. The fourth-order valence-electron chi connectivity index (χ4n) is 2.66. The van der Waals surface area contributed by atoms with Crippen LogP contribution in [0.25, 0.3) is 33.4 Å². The largest absolute Gasteiger partial charge is 0.456 e. The molecule has 0 saturated heterocycles. The molecule has 0 radical (unpaired) electrons. The van der Waals surface area contributed by atoms with Crippen molar-refractivity contribution in [3.63, 3.8) is 0 Å². The third kappa shape index (κ3) is 1.56. The zero-order valence-corrected chi connectivity index (χ0v) is 11.1. The standard InChI is InChI=1S/C17H13NO2/c1-2-11-9-14-12-5-3-4-6-15(12)20-16(14)10-13(11)17-18-7-8-19-17/h3-10H,2H2,1H3. The van der Waals surface area contributed by atoms with E-state index in [0.717, 1.165) is 33.9 Å². The Labute approximate surface area is 115 Å². The van der Waals surface area contributed by atoms with Crippen LogP contribution in [0.2, 0.25) is 0 Å². The lowest BCUT2D eigenvalue weighted by molar-refractivity contribution is 0.573. The molecule has 0 N–H and O–H groups in total. The maximum atomic E-state index is 5.92. The van der Waals surface area contributed by atoms with Gasteiger partial charge < -0.3 is 8.83 Å². The van der Waals surface area contributed by atoms with Crippen LogP contribution in [0.1, 0.15) is 12.5 Å². The number of nitrogens with zero attached hydrogens (tertiary/aromatic N) is 1. The Balaban J connectivity index is 2.08. The number of oxazole rings is 1. The van der Waals surface area contributed by atoms with E-state index in [4.69, 9.17) is 8.83 Å². The Morgan fingerprint density at radius 2 is 1.95 bits per heavy atom. The predicted molar refractivity (Wildman–Crippen MR) is 78.6 cm³/mol. The second-order valence-electron chi connectivity index (χ2n) is 4.79. The van der Waals surface area contributed by atoms with Crippen LogP contribution in [0, 0.1) is 0 Å². The molecule has 98 valence electrons. The van der Waals surface area contributed by atoms with E-state index >= 15 is 0 Å². The third-order valence-corrected chi connectivity index (χ3v) is 3.65. The van der Waals surface area contributed by atoms with E-state index in [2.05, 4.69) is 24.0 Å². The van der Waals surface area contributed by atoms with Gasteiger partial charge in [-0.3, -0.25) is 0 Å². The van der Waals surface area contributed by atoms with Crippen molar-refractivity contribution in [1.29, 1.82) is 0 Å². The molecule has 2 aromatic heterocycles. The Morgan fingerprint density at radius 3 is 2.75 bits per heavy atom. The van der Waals surface area contributed by atoms with Gasteiger partial charge in [-0.25, -0.2) is 4.98 Å². The summed E-state index contributed by atoms with van der Waals surface area (Å²) < 4.78 is 11.4. The van der Waals surface area contributed by atoms with E-state index < -0.39 is 0 Å². The number of hydrogen-bond acceptors (Lipinski definition) is 3. The van der Waals surface area contributed by atoms with Crippen molar-refractivity contribution in [2.45, 2.75) is 13.3 Å². The lowest BCUT2D eigenvalue weighted by Crippen LogP contribution is -1.87. The van der Waals surface area contributed by atoms with Gasteiger partial charge in [0.25, 0.3) is 0 Å². The van der Waals surface area contributed by atoms with E-state index in [1.165, 1.54) is 5.56 Å². The second kappa shape index (κ2) is 4.23. The van der Waals surface area contributed by atoms with Gasteiger partial charge in [0, 0.05) is 16.3 Å². The van der Waals surface area contributed by atoms with Crippen molar-refractivity contribution >= 4 is 21.9 Å². The molecule has 2 heterocycles. The Hall–Kier alpha value is -2.55. The fourth-order valence-corrected chi connectivity index (χ4v) is 2.66. The molecule has 4 aromatic rings. The minimum Gasteiger partial charge on any atom is -0.456 e. The minimum absolute atomic E-state index is 0.643. The molecule has 0 aliphatic rings. The molecule has 0 unspecified atom stereocenters. The normalized spacial score (nSPS) is 11.4. The van der Waals surface area contributed by atoms with Crippen LogP contribution < -0.4 is 0 Å². The van der Waals surface area contributed by atoms with Crippen LogP contribution in [0.4, 0.5) is 0 Å². The second-order valence-corrected chi connectivity index (χ2v) is 4.79. The van der Waals surface area contributed by atoms with E-state index in [-0.39, 0.29) is 0 Å². The Morgan fingerprint density at radius 1 is 1.05 bits per heavy atom. The first-order chi connectivity index (χ1) is 9.86. The van der Waals surface area contributed by atoms with Crippen LogP contribution in [-0.2, 0) is 6.42 Å². The summed E-state index contributed by atoms with van der Waals surface area (Å²) in [6, 6.07) is 12.3. The minimum atomic E-state index is 0.643. The summed E-state index contributed by atoms with van der Waals surface area (Å²) >= 11 is 0. The fraction of sp³-hybridized carbons (Fsp3) is 0.118. The van der Waals surface area contributed by atoms with Crippen molar-refractivity contribution in [3.05, 3.63) is 54.4 Å². The molecule has 0 amide bonds. The van der Waals surface area contributed by atoms with Crippen LogP contribution >= 0.6 is 0 Å². The van der Waals surface area contributed by atoms with Crippen LogP contribution in [0.5, 0.6) is 0 Å². The molecule has 20 heavy (non-hydrogen) atoms. The lowest BCUT2D eigenvalue weighted by Gasteiger charge is -2.04. The topological polar surface area (TPSA) is 39.2 Å². The molecule has 0 fully saturated rings. The van der Waals surface area contributed by atoms with Gasteiger partial charge in [-0.2, -0.15) is 0 Å². The molecule has 0 aliphatic heterocycles. The molecule has 0 spiro atoms. The van der Waals surface area contributed by atoms with Gasteiger partial charge >= 0.3 is 0 Å². The average molecular weight is 263 g/mol. The number of benzene rings is 2. The van der Waals surface area contributed by atoms with E-state index in [0.29, 0.717) is 5.89 Å². The van der Waals surface area contributed by atoms with Crippen molar-refractivity contribution in [2.75, 3.05) is 0 Å². The highest BCUT2D eigenvalue weighted by atomic mass is 16.3. The monoisotopic (exact) mass is 263 g/mol. The van der Waals surface area contributed by atoms with Crippen LogP contribution in [0.15, 0.2) is 57.7 Å². The lowest BCUT2D eigenvalue weighted by atomic mass is 10.0. The van der Waals surface area contributed by atoms with Gasteiger partial charge in [-0.05, 0) is 30.2 Å². The van der Waals surface area contributed by atoms with Gasteiger partial charge in [0.2, 0.25) is 5.89 Å². The van der Waals surface area contributed by atoms with Gasteiger partial charge in [0.1, 0.15) is 17.4 Å². The molecule has 3 heteroatoms.